The van der Waals surface area contributed by atoms with E-state index in [2.05, 4.69) is 10.1 Å². The predicted octanol–water partition coefficient (Wildman–Crippen LogP) is 1.15. The Labute approximate surface area is 69.4 Å². The van der Waals surface area contributed by atoms with Gasteiger partial charge >= 0.3 is 5.97 Å². The summed E-state index contributed by atoms with van der Waals surface area (Å²) in [5, 5.41) is 13.3. The van der Waals surface area contributed by atoms with Crippen LogP contribution in [0.2, 0.25) is 0 Å². The lowest BCUT2D eigenvalue weighted by Gasteiger charge is -2.25. The van der Waals surface area contributed by atoms with Gasteiger partial charge in [-0.25, -0.2) is 9.80 Å². The summed E-state index contributed by atoms with van der Waals surface area (Å²) in [5.74, 6) is -0.915. The Morgan fingerprint density at radius 2 is 2.42 bits per heavy atom. The molecule has 0 aromatic heterocycles. The van der Waals surface area contributed by atoms with Crippen molar-refractivity contribution >= 4 is 5.97 Å². The van der Waals surface area contributed by atoms with Crippen molar-refractivity contribution in [3.8, 4) is 0 Å². The lowest BCUT2D eigenvalue weighted by atomic mass is 10.0. The number of carboxylic acid groups (broad SMARTS) is 1. The highest BCUT2D eigenvalue weighted by atomic mass is 16.4. The maximum absolute atomic E-state index is 10.6. The van der Waals surface area contributed by atoms with Crippen LogP contribution in [0.5, 0.6) is 0 Å². The van der Waals surface area contributed by atoms with Crippen LogP contribution in [0.4, 0.5) is 0 Å². The molecule has 0 spiro atoms. The molecule has 0 aromatic rings. The summed E-state index contributed by atoms with van der Waals surface area (Å²) < 4.78 is 0. The number of nitrogens with zero attached hydrogens (tertiary/aromatic N) is 4. The minimum atomic E-state index is -0.915. The fraction of sp³-hybridized carbons (Fsp3) is 0.833. The van der Waals surface area contributed by atoms with E-state index in [1.807, 2.05) is 0 Å². The molecule has 1 aliphatic heterocycles. The van der Waals surface area contributed by atoms with Crippen LogP contribution >= 0.6 is 0 Å². The minimum Gasteiger partial charge on any atom is -0.478 e. The summed E-state index contributed by atoms with van der Waals surface area (Å²) in [4.78, 5) is 13.2. The van der Waals surface area contributed by atoms with E-state index >= 15 is 0 Å². The molecule has 1 saturated heterocycles. The molecule has 6 nitrogen and oxygen atoms in total. The lowest BCUT2D eigenvalue weighted by Crippen LogP contribution is -2.40. The number of rotatable bonds is 2. The van der Waals surface area contributed by atoms with Gasteiger partial charge in [-0.15, -0.1) is 5.53 Å². The maximum atomic E-state index is 10.6. The Kier molecular flexibility index (Phi) is 2.76. The Morgan fingerprint density at radius 1 is 1.67 bits per heavy atom. The summed E-state index contributed by atoms with van der Waals surface area (Å²) in [5.41, 5.74) is 8.14. The molecule has 0 aromatic carbocycles. The van der Waals surface area contributed by atoms with E-state index in [4.69, 9.17) is 10.6 Å². The molecular formula is C6H10N4O2. The molecule has 1 fully saturated rings. The second kappa shape index (κ2) is 3.82. The average Bonchev–Trinajstić information content (AvgIpc) is 2.05. The molecule has 6 heteroatoms. The first-order valence-corrected chi connectivity index (χ1v) is 3.80. The molecule has 1 rings (SSSR count). The number of hydrogen-bond acceptors (Lipinski definition) is 2. The van der Waals surface area contributed by atoms with Gasteiger partial charge < -0.3 is 5.11 Å². The summed E-state index contributed by atoms with van der Waals surface area (Å²) in [6.45, 7) is 0.543. The van der Waals surface area contributed by atoms with Crippen LogP contribution in [-0.2, 0) is 4.79 Å². The molecule has 1 atom stereocenters. The number of azide groups is 1. The van der Waals surface area contributed by atoms with Crippen molar-refractivity contribution in [1.29, 1.82) is 0 Å². The topological polar surface area (TPSA) is 89.3 Å². The highest BCUT2D eigenvalue weighted by Gasteiger charge is 2.30. The molecule has 1 unspecified atom stereocenters. The first kappa shape index (κ1) is 8.67. The molecule has 0 amide bonds. The Balaban J connectivity index is 2.66. The van der Waals surface area contributed by atoms with E-state index in [1.165, 1.54) is 5.01 Å². The molecular weight excluding hydrogens is 160 g/mol. The van der Waals surface area contributed by atoms with Gasteiger partial charge in [0.05, 0.1) is 6.54 Å². The molecule has 0 bridgehead atoms. The second-order valence-corrected chi connectivity index (χ2v) is 2.69. The van der Waals surface area contributed by atoms with Crippen molar-refractivity contribution < 1.29 is 9.90 Å². The van der Waals surface area contributed by atoms with E-state index in [0.29, 0.717) is 13.0 Å². The van der Waals surface area contributed by atoms with Crippen LogP contribution < -0.4 is 0 Å². The van der Waals surface area contributed by atoms with Crippen molar-refractivity contribution in [2.75, 3.05) is 6.54 Å². The maximum Gasteiger partial charge on any atom is 0.349 e. The molecule has 0 saturated carbocycles. The van der Waals surface area contributed by atoms with Gasteiger partial charge in [0.15, 0.2) is 6.04 Å². The van der Waals surface area contributed by atoms with Crippen LogP contribution in [0.25, 0.3) is 10.4 Å². The Morgan fingerprint density at radius 3 is 3.00 bits per heavy atom. The van der Waals surface area contributed by atoms with Crippen LogP contribution in [0.1, 0.15) is 19.3 Å². The summed E-state index contributed by atoms with van der Waals surface area (Å²) in [6, 6.07) is -0.630. The zero-order valence-electron chi connectivity index (χ0n) is 6.55. The minimum absolute atomic E-state index is 0.543. The van der Waals surface area contributed by atoms with Gasteiger partial charge in [-0.1, -0.05) is 0 Å². The number of carboxylic acids is 1. The first-order valence-electron chi connectivity index (χ1n) is 3.80. The van der Waals surface area contributed by atoms with E-state index in [1.54, 1.807) is 0 Å². The van der Waals surface area contributed by atoms with Crippen molar-refractivity contribution in [1.82, 2.24) is 5.01 Å². The molecule has 1 heterocycles. The average molecular weight is 170 g/mol. The van der Waals surface area contributed by atoms with E-state index in [-0.39, 0.29) is 0 Å². The number of hydrogen-bond donors (Lipinski definition) is 1. The molecule has 66 valence electrons. The van der Waals surface area contributed by atoms with E-state index in [0.717, 1.165) is 12.8 Å². The summed E-state index contributed by atoms with van der Waals surface area (Å²) in [6.07, 6.45) is 2.34. The van der Waals surface area contributed by atoms with Gasteiger partial charge in [-0.05, 0) is 24.5 Å². The molecule has 12 heavy (non-hydrogen) atoms. The van der Waals surface area contributed by atoms with Crippen LogP contribution in [0.3, 0.4) is 0 Å². The Bertz CT molecular complexity index is 214. The molecule has 1 N–H and O–H groups in total. The fourth-order valence-electron chi connectivity index (χ4n) is 1.33. The van der Waals surface area contributed by atoms with Crippen LogP contribution in [0, 0.1) is 0 Å². The zero-order valence-corrected chi connectivity index (χ0v) is 6.55. The van der Waals surface area contributed by atoms with Crippen molar-refractivity contribution in [3.05, 3.63) is 10.4 Å². The number of piperidine rings is 1. The molecule has 1 aliphatic rings. The van der Waals surface area contributed by atoms with E-state index in [9.17, 15) is 4.79 Å². The van der Waals surface area contributed by atoms with Gasteiger partial charge in [-0.2, -0.15) is 4.91 Å². The van der Waals surface area contributed by atoms with Crippen molar-refractivity contribution in [2.45, 2.75) is 25.3 Å². The second-order valence-electron chi connectivity index (χ2n) is 2.69. The van der Waals surface area contributed by atoms with Gasteiger partial charge in [0.1, 0.15) is 0 Å². The highest BCUT2D eigenvalue weighted by Crippen LogP contribution is 2.17. The number of carbonyl (C=O) groups is 1. The predicted molar refractivity (Wildman–Crippen MR) is 41.1 cm³/mol. The fourth-order valence-corrected chi connectivity index (χ4v) is 1.33. The SMILES string of the molecule is [N-]=[N+]=NN1CCCCC1C(=O)O. The van der Waals surface area contributed by atoms with Crippen LogP contribution in [0.15, 0.2) is 5.22 Å². The number of aliphatic carboxylic acids is 1. The van der Waals surface area contributed by atoms with Crippen molar-refractivity contribution in [3.63, 3.8) is 0 Å². The molecule has 0 radical (unpaired) electrons. The van der Waals surface area contributed by atoms with Crippen molar-refractivity contribution in [2.24, 2.45) is 5.22 Å². The largest absolute Gasteiger partial charge is 0.478 e. The van der Waals surface area contributed by atoms with Gasteiger partial charge in [0, 0.05) is 0 Å². The van der Waals surface area contributed by atoms with Gasteiger partial charge in [0.2, 0.25) is 0 Å². The summed E-state index contributed by atoms with van der Waals surface area (Å²) in [7, 11) is 0. The molecule has 0 aliphatic carbocycles. The normalized spacial score (nSPS) is 23.0. The van der Waals surface area contributed by atoms with Crippen LogP contribution in [-0.4, -0.2) is 28.7 Å². The third kappa shape index (κ3) is 1.79. The standard InChI is InChI=1S/C6H10N4O2/c7-8-9-10-4-2-1-3-5(10)6(11)12/h5H,1-4H2,(H,11,12). The summed E-state index contributed by atoms with van der Waals surface area (Å²) >= 11 is 0. The third-order valence-electron chi connectivity index (χ3n) is 1.91. The van der Waals surface area contributed by atoms with E-state index < -0.39 is 12.0 Å². The Hall–Kier alpha value is -1.42. The quantitative estimate of drug-likeness (QED) is 0.383. The van der Waals surface area contributed by atoms with Gasteiger partial charge in [-0.3, -0.25) is 0 Å². The highest BCUT2D eigenvalue weighted by molar-refractivity contribution is 5.73. The zero-order chi connectivity index (χ0) is 8.97. The van der Waals surface area contributed by atoms with Gasteiger partial charge in [0.25, 0.3) is 0 Å². The lowest BCUT2D eigenvalue weighted by molar-refractivity contribution is -0.144. The first-order chi connectivity index (χ1) is 5.75. The third-order valence-corrected chi connectivity index (χ3v) is 1.91. The smallest absolute Gasteiger partial charge is 0.349 e. The monoisotopic (exact) mass is 170 g/mol.